The number of carbonyl (C=O) groups excluding carboxylic acids is 4. The molecule has 0 saturated carbocycles. The summed E-state index contributed by atoms with van der Waals surface area (Å²) in [7, 11) is 0. The second-order valence-electron chi connectivity index (χ2n) is 10.1. The Hall–Kier alpha value is -2.23. The Kier molecular flexibility index (Phi) is 5.78. The van der Waals surface area contributed by atoms with Crippen LogP contribution in [0.25, 0.3) is 0 Å². The first-order valence-electron chi connectivity index (χ1n) is 11.2. The van der Waals surface area contributed by atoms with Gasteiger partial charge in [0.05, 0.1) is 29.4 Å². The second kappa shape index (κ2) is 7.90. The van der Waals surface area contributed by atoms with Crippen LogP contribution in [-0.2, 0) is 38.1 Å². The van der Waals surface area contributed by atoms with Crippen molar-refractivity contribution in [2.45, 2.75) is 82.0 Å². The molecule has 1 spiro atoms. The van der Waals surface area contributed by atoms with E-state index in [0.717, 1.165) is 0 Å². The molecular weight excluding hydrogens is 468 g/mol. The first-order valence-corrected chi connectivity index (χ1v) is 11.6. The van der Waals surface area contributed by atoms with Crippen molar-refractivity contribution in [1.82, 2.24) is 0 Å². The van der Waals surface area contributed by atoms with E-state index in [9.17, 15) is 24.3 Å². The maximum absolute atomic E-state index is 13.2. The Morgan fingerprint density at radius 3 is 2.44 bits per heavy atom. The van der Waals surface area contributed by atoms with Crippen molar-refractivity contribution in [2.24, 2.45) is 17.3 Å². The molecule has 10 heteroatoms. The summed E-state index contributed by atoms with van der Waals surface area (Å²) in [6.45, 7) is 11.1. The zero-order chi connectivity index (χ0) is 25.4. The van der Waals surface area contributed by atoms with Crippen molar-refractivity contribution in [2.75, 3.05) is 0 Å². The van der Waals surface area contributed by atoms with E-state index in [4.69, 9.17) is 30.5 Å². The summed E-state index contributed by atoms with van der Waals surface area (Å²) in [5.41, 5.74) is -4.20. The third kappa shape index (κ3) is 3.20. The highest BCUT2D eigenvalue weighted by Crippen LogP contribution is 2.61. The summed E-state index contributed by atoms with van der Waals surface area (Å²) in [6, 6.07) is 0. The van der Waals surface area contributed by atoms with E-state index >= 15 is 0 Å². The normalized spacial score (nSPS) is 47.6. The first-order chi connectivity index (χ1) is 15.7. The molecule has 2 bridgehead atoms. The van der Waals surface area contributed by atoms with Gasteiger partial charge in [-0.1, -0.05) is 25.2 Å². The molecule has 10 unspecified atom stereocenters. The number of carbonyl (C=O) groups is 4. The molecule has 4 aliphatic rings. The first kappa shape index (κ1) is 24.9. The molecule has 3 heterocycles. The van der Waals surface area contributed by atoms with Crippen molar-refractivity contribution in [3.63, 3.8) is 0 Å². The van der Waals surface area contributed by atoms with E-state index in [2.05, 4.69) is 6.58 Å². The average Bonchev–Trinajstić information content (AvgIpc) is 2.96. The highest BCUT2D eigenvalue weighted by atomic mass is 35.5. The van der Waals surface area contributed by atoms with Gasteiger partial charge in [-0.25, -0.2) is 0 Å². The van der Waals surface area contributed by atoms with Gasteiger partial charge in [0, 0.05) is 19.3 Å². The molecular formula is C24H29ClO9. The van der Waals surface area contributed by atoms with Crippen LogP contribution in [0, 0.1) is 17.3 Å². The van der Waals surface area contributed by atoms with Gasteiger partial charge in [0.25, 0.3) is 0 Å². The zero-order valence-electron chi connectivity index (χ0n) is 19.7. The number of ketones is 1. The lowest BCUT2D eigenvalue weighted by molar-refractivity contribution is -0.318. The molecule has 1 N–H and O–H groups in total. The maximum Gasteiger partial charge on any atom is 0.312 e. The number of alkyl halides is 1. The Morgan fingerprint density at radius 2 is 1.85 bits per heavy atom. The van der Waals surface area contributed by atoms with Gasteiger partial charge < -0.3 is 24.1 Å². The summed E-state index contributed by atoms with van der Waals surface area (Å²) in [5.74, 6) is -4.60. The third-order valence-corrected chi connectivity index (χ3v) is 8.42. The minimum Gasteiger partial charge on any atom is -0.459 e. The Morgan fingerprint density at radius 1 is 1.21 bits per heavy atom. The van der Waals surface area contributed by atoms with E-state index in [-0.39, 0.29) is 6.42 Å². The number of aliphatic hydroxyl groups is 1. The third-order valence-electron chi connectivity index (χ3n) is 7.88. The number of fused-ring (bicyclic) bond motifs is 3. The van der Waals surface area contributed by atoms with E-state index in [1.54, 1.807) is 19.9 Å². The number of rotatable bonds is 2. The van der Waals surface area contributed by atoms with Crippen LogP contribution in [-0.4, -0.2) is 69.8 Å². The highest BCUT2D eigenvalue weighted by Gasteiger charge is 2.77. The predicted molar refractivity (Wildman–Crippen MR) is 118 cm³/mol. The number of ether oxygens (including phenoxy) is 4. The second-order valence-corrected chi connectivity index (χ2v) is 10.5. The van der Waals surface area contributed by atoms with Crippen LogP contribution in [0.15, 0.2) is 24.3 Å². The minimum absolute atomic E-state index is 0.0456. The van der Waals surface area contributed by atoms with E-state index in [0.29, 0.717) is 5.57 Å². The maximum atomic E-state index is 13.2. The monoisotopic (exact) mass is 496 g/mol. The topological polar surface area (TPSA) is 125 Å². The standard InChI is InChI=1S/C24H29ClO9/c1-10-9-14(28)18-22(5)8-7-15(29)23(6,33-13(4)27)17(22)20(31-12(3)26)24(34-18)11(2)21(30)32-19(24)16(10)25/h7-8,11,14,16-20,28H,1,9H2,2-6H3. The molecule has 3 aliphatic heterocycles. The van der Waals surface area contributed by atoms with E-state index in [1.807, 2.05) is 0 Å². The largest absolute Gasteiger partial charge is 0.459 e. The molecule has 0 aromatic heterocycles. The molecule has 1 aliphatic carbocycles. The fraction of sp³-hybridized carbons (Fsp3) is 0.667. The van der Waals surface area contributed by atoms with Crippen LogP contribution < -0.4 is 0 Å². The molecule has 34 heavy (non-hydrogen) atoms. The molecule has 0 amide bonds. The van der Waals surface area contributed by atoms with Crippen LogP contribution in [0.1, 0.15) is 41.0 Å². The lowest BCUT2D eigenvalue weighted by Gasteiger charge is -2.63. The van der Waals surface area contributed by atoms with Gasteiger partial charge in [-0.2, -0.15) is 0 Å². The van der Waals surface area contributed by atoms with Crippen LogP contribution >= 0.6 is 11.6 Å². The lowest BCUT2D eigenvalue weighted by atomic mass is 9.52. The van der Waals surface area contributed by atoms with Gasteiger partial charge >= 0.3 is 17.9 Å². The summed E-state index contributed by atoms with van der Waals surface area (Å²) in [4.78, 5) is 50.7. The number of esters is 3. The van der Waals surface area contributed by atoms with Gasteiger partial charge in [0.1, 0.15) is 6.10 Å². The molecule has 3 saturated heterocycles. The van der Waals surface area contributed by atoms with Crippen LogP contribution in [0.3, 0.4) is 0 Å². The zero-order valence-corrected chi connectivity index (χ0v) is 20.5. The SMILES string of the molecule is C=C1CC(O)C2OC3(C(C)C(=O)OC3C1Cl)C(OC(C)=O)C1C(C)(OC(C)=O)C(=O)C=CC21C. The number of hydrogen-bond donors (Lipinski definition) is 1. The van der Waals surface area contributed by atoms with Crippen LogP contribution in [0.5, 0.6) is 0 Å². The molecule has 0 radical (unpaired) electrons. The number of halogens is 1. The Labute approximate surface area is 202 Å². The van der Waals surface area contributed by atoms with Crippen molar-refractivity contribution >= 4 is 35.3 Å². The molecule has 10 atom stereocenters. The Balaban J connectivity index is 2.06. The van der Waals surface area contributed by atoms with E-state index in [1.165, 1.54) is 26.8 Å². The van der Waals surface area contributed by atoms with Crippen molar-refractivity contribution < 1.29 is 43.2 Å². The predicted octanol–water partition coefficient (Wildman–Crippen LogP) is 1.63. The molecule has 4 rings (SSSR count). The average molecular weight is 497 g/mol. The van der Waals surface area contributed by atoms with Crippen LogP contribution in [0.2, 0.25) is 0 Å². The summed E-state index contributed by atoms with van der Waals surface area (Å²) >= 11 is 6.70. The fourth-order valence-corrected chi connectivity index (χ4v) is 6.73. The summed E-state index contributed by atoms with van der Waals surface area (Å²) < 4.78 is 23.7. The van der Waals surface area contributed by atoms with Gasteiger partial charge in [-0.15, -0.1) is 11.6 Å². The summed E-state index contributed by atoms with van der Waals surface area (Å²) in [5, 5.41) is 10.3. The highest BCUT2D eigenvalue weighted by molar-refractivity contribution is 6.23. The molecule has 3 fully saturated rings. The van der Waals surface area contributed by atoms with Gasteiger partial charge in [0.2, 0.25) is 0 Å². The molecule has 0 aromatic carbocycles. The smallest absolute Gasteiger partial charge is 0.312 e. The van der Waals surface area contributed by atoms with Crippen molar-refractivity contribution in [3.05, 3.63) is 24.3 Å². The van der Waals surface area contributed by atoms with Crippen LogP contribution in [0.4, 0.5) is 0 Å². The molecule has 186 valence electrons. The fourth-order valence-electron chi connectivity index (χ4n) is 6.39. The van der Waals surface area contributed by atoms with Crippen molar-refractivity contribution in [1.29, 1.82) is 0 Å². The summed E-state index contributed by atoms with van der Waals surface area (Å²) in [6.07, 6.45) is -1.64. The van der Waals surface area contributed by atoms with Crippen molar-refractivity contribution in [3.8, 4) is 0 Å². The molecule has 0 aromatic rings. The Bertz CT molecular complexity index is 1010. The number of hydrogen-bond acceptors (Lipinski definition) is 9. The number of aliphatic hydroxyl groups excluding tert-OH is 1. The van der Waals surface area contributed by atoms with Gasteiger partial charge in [-0.3, -0.25) is 19.2 Å². The van der Waals surface area contributed by atoms with Gasteiger partial charge in [0.15, 0.2) is 23.1 Å². The quantitative estimate of drug-likeness (QED) is 0.263. The molecule has 9 nitrogen and oxygen atoms in total. The van der Waals surface area contributed by atoms with Gasteiger partial charge in [-0.05, 0) is 26.3 Å². The minimum atomic E-state index is -1.79. The lowest BCUT2D eigenvalue weighted by Crippen LogP contribution is -2.77. The van der Waals surface area contributed by atoms with E-state index < -0.39 is 81.9 Å².